The van der Waals surface area contributed by atoms with E-state index in [4.69, 9.17) is 5.73 Å². The first-order valence-electron chi connectivity index (χ1n) is 6.15. The molecule has 6 nitrogen and oxygen atoms in total. The Bertz CT molecular complexity index is 517. The zero-order valence-corrected chi connectivity index (χ0v) is 12.0. The van der Waals surface area contributed by atoms with Gasteiger partial charge in [-0.25, -0.2) is 13.1 Å². The van der Waals surface area contributed by atoms with Gasteiger partial charge in [-0.2, -0.15) is 0 Å². The van der Waals surface area contributed by atoms with Gasteiger partial charge in [-0.3, -0.25) is 0 Å². The van der Waals surface area contributed by atoms with Gasteiger partial charge in [-0.05, 0) is 31.7 Å². The van der Waals surface area contributed by atoms with Crippen molar-refractivity contribution in [3.8, 4) is 0 Å². The van der Waals surface area contributed by atoms with Crippen LogP contribution in [0.5, 0.6) is 0 Å². The molecule has 0 aliphatic rings. The molecule has 0 spiro atoms. The molecule has 0 saturated carbocycles. The topological polar surface area (TPSA) is 104 Å². The second kappa shape index (κ2) is 6.74. The molecule has 0 saturated heterocycles. The fraction of sp³-hybridized carbons (Fsp3) is 0.500. The molecule has 1 atom stereocenters. The third-order valence-electron chi connectivity index (χ3n) is 2.71. The average Bonchev–Trinajstić information content (AvgIpc) is 2.37. The molecule has 0 aromatic heterocycles. The Morgan fingerprint density at radius 3 is 2.68 bits per heavy atom. The van der Waals surface area contributed by atoms with Crippen LogP contribution in [0.4, 0.5) is 11.4 Å². The van der Waals surface area contributed by atoms with Gasteiger partial charge in [0.15, 0.2) is 0 Å². The SMILES string of the molecule is CCCC(O)CNc1ccc(N)cc1S(=O)(=O)NC. The first-order valence-corrected chi connectivity index (χ1v) is 7.64. The van der Waals surface area contributed by atoms with Crippen LogP contribution in [0.25, 0.3) is 0 Å². The van der Waals surface area contributed by atoms with E-state index in [0.717, 1.165) is 6.42 Å². The highest BCUT2D eigenvalue weighted by molar-refractivity contribution is 7.89. The summed E-state index contributed by atoms with van der Waals surface area (Å²) in [6, 6.07) is 4.60. The van der Waals surface area contributed by atoms with Gasteiger partial charge in [-0.1, -0.05) is 13.3 Å². The predicted molar refractivity (Wildman–Crippen MR) is 76.5 cm³/mol. The molecule has 0 bridgehead atoms. The number of sulfonamides is 1. The van der Waals surface area contributed by atoms with Gasteiger partial charge in [0.05, 0.1) is 11.8 Å². The molecule has 1 unspecified atom stereocenters. The van der Waals surface area contributed by atoms with Crippen LogP contribution in [0, 0.1) is 0 Å². The summed E-state index contributed by atoms with van der Waals surface area (Å²) in [7, 11) is -2.24. The van der Waals surface area contributed by atoms with E-state index in [2.05, 4.69) is 10.0 Å². The van der Waals surface area contributed by atoms with Crippen molar-refractivity contribution in [2.45, 2.75) is 30.8 Å². The van der Waals surface area contributed by atoms with Gasteiger partial charge in [0.2, 0.25) is 10.0 Å². The summed E-state index contributed by atoms with van der Waals surface area (Å²) in [6.07, 6.45) is 1.02. The number of anilines is 2. The molecule has 1 aromatic carbocycles. The Kier molecular flexibility index (Phi) is 5.59. The van der Waals surface area contributed by atoms with Gasteiger partial charge in [-0.15, -0.1) is 0 Å². The largest absolute Gasteiger partial charge is 0.399 e. The Labute approximate surface area is 114 Å². The third-order valence-corrected chi connectivity index (χ3v) is 4.17. The summed E-state index contributed by atoms with van der Waals surface area (Å²) in [5.74, 6) is 0. The standard InChI is InChI=1S/C12H21N3O3S/c1-3-4-10(16)8-15-11-6-5-9(13)7-12(11)19(17,18)14-2/h5-7,10,14-16H,3-4,8,13H2,1-2H3. The van der Waals surface area contributed by atoms with Crippen LogP contribution < -0.4 is 15.8 Å². The molecule has 19 heavy (non-hydrogen) atoms. The summed E-state index contributed by atoms with van der Waals surface area (Å²) in [5.41, 5.74) is 6.41. The van der Waals surface area contributed by atoms with Crippen molar-refractivity contribution in [2.24, 2.45) is 0 Å². The molecular formula is C12H21N3O3S. The predicted octanol–water partition coefficient (Wildman–Crippen LogP) is 0.750. The fourth-order valence-electron chi connectivity index (χ4n) is 1.68. The second-order valence-corrected chi connectivity index (χ2v) is 6.14. The van der Waals surface area contributed by atoms with E-state index >= 15 is 0 Å². The summed E-state index contributed by atoms with van der Waals surface area (Å²) in [5, 5.41) is 12.6. The monoisotopic (exact) mass is 287 g/mol. The van der Waals surface area contributed by atoms with Crippen molar-refractivity contribution in [1.82, 2.24) is 4.72 Å². The van der Waals surface area contributed by atoms with E-state index in [0.29, 0.717) is 24.3 Å². The summed E-state index contributed by atoms with van der Waals surface area (Å²) in [4.78, 5) is 0.0821. The van der Waals surface area contributed by atoms with E-state index in [-0.39, 0.29) is 4.90 Å². The molecule has 0 aliphatic carbocycles. The van der Waals surface area contributed by atoms with E-state index in [1.807, 2.05) is 6.92 Å². The molecule has 108 valence electrons. The molecule has 1 aromatic rings. The zero-order chi connectivity index (χ0) is 14.5. The number of aliphatic hydroxyl groups excluding tert-OH is 1. The van der Waals surface area contributed by atoms with Crippen molar-refractivity contribution >= 4 is 21.4 Å². The van der Waals surface area contributed by atoms with Gasteiger partial charge in [0.25, 0.3) is 0 Å². The van der Waals surface area contributed by atoms with Gasteiger partial charge in [0.1, 0.15) is 4.90 Å². The maximum atomic E-state index is 11.9. The first-order chi connectivity index (χ1) is 8.90. The number of nitrogens with one attached hydrogen (secondary N) is 2. The first kappa shape index (κ1) is 15.7. The Morgan fingerprint density at radius 1 is 1.42 bits per heavy atom. The summed E-state index contributed by atoms with van der Waals surface area (Å²) >= 11 is 0. The maximum Gasteiger partial charge on any atom is 0.242 e. The number of hydrogen-bond acceptors (Lipinski definition) is 5. The highest BCUT2D eigenvalue weighted by Crippen LogP contribution is 2.23. The van der Waals surface area contributed by atoms with Crippen molar-refractivity contribution in [3.05, 3.63) is 18.2 Å². The smallest absolute Gasteiger partial charge is 0.242 e. The van der Waals surface area contributed by atoms with E-state index in [1.54, 1.807) is 12.1 Å². The minimum Gasteiger partial charge on any atom is -0.399 e. The van der Waals surface area contributed by atoms with E-state index in [1.165, 1.54) is 13.1 Å². The van der Waals surface area contributed by atoms with Crippen molar-refractivity contribution in [2.75, 3.05) is 24.6 Å². The number of aliphatic hydroxyl groups is 1. The fourth-order valence-corrected chi connectivity index (χ4v) is 2.62. The molecule has 0 fully saturated rings. The molecule has 0 aliphatic heterocycles. The lowest BCUT2D eigenvalue weighted by Crippen LogP contribution is -2.23. The molecule has 0 amide bonds. The van der Waals surface area contributed by atoms with E-state index in [9.17, 15) is 13.5 Å². The van der Waals surface area contributed by atoms with Gasteiger partial charge >= 0.3 is 0 Å². The third kappa shape index (κ3) is 4.38. The quantitative estimate of drug-likeness (QED) is 0.554. The average molecular weight is 287 g/mol. The van der Waals surface area contributed by atoms with Crippen LogP contribution in [0.3, 0.4) is 0 Å². The minimum atomic E-state index is -3.59. The summed E-state index contributed by atoms with van der Waals surface area (Å²) in [6.45, 7) is 2.27. The number of hydrogen-bond donors (Lipinski definition) is 4. The van der Waals surface area contributed by atoms with Crippen LogP contribution in [-0.2, 0) is 10.0 Å². The molecular weight excluding hydrogens is 266 g/mol. The molecule has 7 heteroatoms. The zero-order valence-electron chi connectivity index (χ0n) is 11.2. The lowest BCUT2D eigenvalue weighted by molar-refractivity contribution is 0.176. The molecule has 0 radical (unpaired) electrons. The highest BCUT2D eigenvalue weighted by Gasteiger charge is 2.17. The van der Waals surface area contributed by atoms with Crippen LogP contribution in [0.15, 0.2) is 23.1 Å². The second-order valence-electron chi connectivity index (χ2n) is 4.29. The Morgan fingerprint density at radius 2 is 2.11 bits per heavy atom. The van der Waals surface area contributed by atoms with Crippen LogP contribution in [0.1, 0.15) is 19.8 Å². The summed E-state index contributed by atoms with van der Waals surface area (Å²) < 4.78 is 26.0. The number of rotatable bonds is 7. The highest BCUT2D eigenvalue weighted by atomic mass is 32.2. The molecule has 1 rings (SSSR count). The van der Waals surface area contributed by atoms with Gasteiger partial charge in [0, 0.05) is 12.2 Å². The Balaban J connectivity index is 2.95. The number of nitrogens with two attached hydrogens (primary N) is 1. The minimum absolute atomic E-state index is 0.0821. The van der Waals surface area contributed by atoms with Crippen molar-refractivity contribution in [1.29, 1.82) is 0 Å². The van der Waals surface area contributed by atoms with Crippen molar-refractivity contribution in [3.63, 3.8) is 0 Å². The number of nitrogen functional groups attached to an aromatic ring is 1. The lowest BCUT2D eigenvalue weighted by atomic mass is 10.2. The molecule has 0 heterocycles. The normalized spacial score (nSPS) is 13.2. The number of benzene rings is 1. The van der Waals surface area contributed by atoms with E-state index < -0.39 is 16.1 Å². The Hall–Kier alpha value is -1.31. The lowest BCUT2D eigenvalue weighted by Gasteiger charge is -2.15. The van der Waals surface area contributed by atoms with Crippen molar-refractivity contribution < 1.29 is 13.5 Å². The maximum absolute atomic E-state index is 11.9. The van der Waals surface area contributed by atoms with Crippen LogP contribution in [-0.4, -0.2) is 33.2 Å². The van der Waals surface area contributed by atoms with Crippen LogP contribution >= 0.6 is 0 Å². The molecule has 5 N–H and O–H groups in total. The van der Waals surface area contributed by atoms with Crippen LogP contribution in [0.2, 0.25) is 0 Å². The van der Waals surface area contributed by atoms with Gasteiger partial charge < -0.3 is 16.2 Å².